The van der Waals surface area contributed by atoms with E-state index in [1.165, 1.54) is 0 Å². The van der Waals surface area contributed by atoms with Gasteiger partial charge in [-0.05, 0) is 13.8 Å². The van der Waals surface area contributed by atoms with E-state index in [-0.39, 0.29) is 0 Å². The van der Waals surface area contributed by atoms with Gasteiger partial charge in [0, 0.05) is 5.56 Å². The fourth-order valence-corrected chi connectivity index (χ4v) is 1.03. The molecule has 0 aliphatic heterocycles. The summed E-state index contributed by atoms with van der Waals surface area (Å²) >= 11 is 11.4. The Hall–Kier alpha value is -0.340. The smallest absolute Gasteiger partial charge is 0.137 e. The first-order chi connectivity index (χ1) is 4.61. The van der Waals surface area contributed by atoms with Crippen LogP contribution < -0.4 is 0 Å². The zero-order valence-electron chi connectivity index (χ0n) is 5.65. The van der Waals surface area contributed by atoms with Crippen molar-refractivity contribution in [1.82, 2.24) is 9.97 Å². The molecule has 0 aliphatic rings. The van der Waals surface area contributed by atoms with Gasteiger partial charge < -0.3 is 0 Å². The Bertz CT molecular complexity index is 237. The van der Waals surface area contributed by atoms with E-state index in [4.69, 9.17) is 23.2 Å². The molecule has 0 spiro atoms. The van der Waals surface area contributed by atoms with E-state index < -0.39 is 0 Å². The second-order valence-corrected chi connectivity index (χ2v) is 2.69. The fourth-order valence-electron chi connectivity index (χ4n) is 0.562. The third-order valence-electron chi connectivity index (χ3n) is 1.14. The second kappa shape index (κ2) is 2.72. The number of nitrogens with zero attached hydrogens (tertiary/aromatic N) is 2. The molecule has 0 bridgehead atoms. The summed E-state index contributed by atoms with van der Waals surface area (Å²) in [6.07, 6.45) is 0. The van der Waals surface area contributed by atoms with Crippen LogP contribution in [0.15, 0.2) is 0 Å². The lowest BCUT2D eigenvalue weighted by atomic mass is 10.4. The molecule has 0 saturated carbocycles. The molecule has 1 heterocycles. The van der Waals surface area contributed by atoms with E-state index in [0.29, 0.717) is 16.1 Å². The second-order valence-electron chi connectivity index (χ2n) is 1.98. The minimum Gasteiger partial charge on any atom is -0.221 e. The molecule has 0 unspecified atom stereocenters. The molecule has 54 valence electrons. The Morgan fingerprint density at radius 2 is 1.40 bits per heavy atom. The van der Waals surface area contributed by atoms with Crippen molar-refractivity contribution >= 4 is 23.2 Å². The number of hydrogen-bond acceptors (Lipinski definition) is 2. The lowest BCUT2D eigenvalue weighted by Crippen LogP contribution is -1.91. The Kier molecular flexibility index (Phi) is 2.11. The number of hydrogen-bond donors (Lipinski definition) is 0. The highest BCUT2D eigenvalue weighted by atomic mass is 35.5. The van der Waals surface area contributed by atoms with Gasteiger partial charge in [0.25, 0.3) is 0 Å². The van der Waals surface area contributed by atoms with Gasteiger partial charge in [0.05, 0.1) is 0 Å². The van der Waals surface area contributed by atoms with E-state index in [1.54, 1.807) is 13.8 Å². The maximum Gasteiger partial charge on any atom is 0.137 e. The third-order valence-corrected chi connectivity index (χ3v) is 1.87. The summed E-state index contributed by atoms with van der Waals surface area (Å²) in [5.74, 6) is 0.598. The predicted molar refractivity (Wildman–Crippen MR) is 41.5 cm³/mol. The van der Waals surface area contributed by atoms with Crippen molar-refractivity contribution in [2.75, 3.05) is 0 Å². The van der Waals surface area contributed by atoms with Crippen molar-refractivity contribution < 1.29 is 0 Å². The van der Waals surface area contributed by atoms with Crippen molar-refractivity contribution in [3.8, 4) is 0 Å². The standard InChI is InChI=1S/C6H6Cl2N2/c1-3-5(7)9-4(2)10-6(3)8/h1-2H3. The molecule has 4 heteroatoms. The minimum absolute atomic E-state index is 0.428. The molecule has 0 aliphatic carbocycles. The molecule has 10 heavy (non-hydrogen) atoms. The normalized spacial score (nSPS) is 10.0. The molecular weight excluding hydrogens is 171 g/mol. The van der Waals surface area contributed by atoms with Gasteiger partial charge in [0.2, 0.25) is 0 Å². The minimum atomic E-state index is 0.428. The van der Waals surface area contributed by atoms with E-state index in [1.807, 2.05) is 0 Å². The Labute approximate surface area is 69.2 Å². The molecular formula is C6H6Cl2N2. The largest absolute Gasteiger partial charge is 0.221 e. The number of rotatable bonds is 0. The highest BCUT2D eigenvalue weighted by Gasteiger charge is 2.03. The maximum absolute atomic E-state index is 5.68. The molecule has 0 fully saturated rings. The molecule has 0 saturated heterocycles. The lowest BCUT2D eigenvalue weighted by molar-refractivity contribution is 1.03. The Morgan fingerprint density at radius 1 is 1.00 bits per heavy atom. The fraction of sp³-hybridized carbons (Fsp3) is 0.333. The van der Waals surface area contributed by atoms with Crippen LogP contribution in [0.2, 0.25) is 10.3 Å². The zero-order chi connectivity index (χ0) is 7.72. The first kappa shape index (κ1) is 7.76. The SMILES string of the molecule is Cc1nc(Cl)c(C)c(Cl)n1. The molecule has 1 aromatic rings. The molecule has 0 aromatic carbocycles. The van der Waals surface area contributed by atoms with Gasteiger partial charge in [-0.1, -0.05) is 23.2 Å². The summed E-state index contributed by atoms with van der Waals surface area (Å²) in [6.45, 7) is 3.53. The summed E-state index contributed by atoms with van der Waals surface area (Å²) < 4.78 is 0. The van der Waals surface area contributed by atoms with Crippen molar-refractivity contribution in [1.29, 1.82) is 0 Å². The van der Waals surface area contributed by atoms with Crippen LogP contribution in [-0.4, -0.2) is 9.97 Å². The van der Waals surface area contributed by atoms with Crippen LogP contribution in [0.3, 0.4) is 0 Å². The zero-order valence-corrected chi connectivity index (χ0v) is 7.16. The predicted octanol–water partition coefficient (Wildman–Crippen LogP) is 2.40. The van der Waals surface area contributed by atoms with Crippen molar-refractivity contribution in [2.24, 2.45) is 0 Å². The van der Waals surface area contributed by atoms with Gasteiger partial charge in [-0.15, -0.1) is 0 Å². The molecule has 1 rings (SSSR count). The molecule has 0 atom stereocenters. The molecule has 0 radical (unpaired) electrons. The van der Waals surface area contributed by atoms with Gasteiger partial charge in [-0.3, -0.25) is 0 Å². The summed E-state index contributed by atoms with van der Waals surface area (Å²) in [5.41, 5.74) is 0.730. The molecule has 2 nitrogen and oxygen atoms in total. The van der Waals surface area contributed by atoms with Gasteiger partial charge in [0.1, 0.15) is 16.1 Å². The number of aryl methyl sites for hydroxylation is 1. The number of halogens is 2. The molecule has 0 amide bonds. The van der Waals surface area contributed by atoms with E-state index >= 15 is 0 Å². The van der Waals surface area contributed by atoms with Crippen molar-refractivity contribution in [3.05, 3.63) is 21.7 Å². The van der Waals surface area contributed by atoms with Gasteiger partial charge in [-0.2, -0.15) is 0 Å². The number of aromatic nitrogens is 2. The maximum atomic E-state index is 5.68. The highest BCUT2D eigenvalue weighted by molar-refractivity contribution is 6.34. The van der Waals surface area contributed by atoms with Crippen LogP contribution in [0.4, 0.5) is 0 Å². The van der Waals surface area contributed by atoms with Gasteiger partial charge in [0.15, 0.2) is 0 Å². The lowest BCUT2D eigenvalue weighted by Gasteiger charge is -1.98. The topological polar surface area (TPSA) is 25.8 Å². The highest BCUT2D eigenvalue weighted by Crippen LogP contribution is 2.18. The van der Waals surface area contributed by atoms with Gasteiger partial charge in [-0.25, -0.2) is 9.97 Å². The summed E-state index contributed by atoms with van der Waals surface area (Å²) in [5, 5.41) is 0.856. The van der Waals surface area contributed by atoms with Crippen molar-refractivity contribution in [3.63, 3.8) is 0 Å². The summed E-state index contributed by atoms with van der Waals surface area (Å²) in [7, 11) is 0. The summed E-state index contributed by atoms with van der Waals surface area (Å²) in [6, 6.07) is 0. The average molecular weight is 177 g/mol. The van der Waals surface area contributed by atoms with E-state index in [9.17, 15) is 0 Å². The van der Waals surface area contributed by atoms with Crippen LogP contribution in [0.25, 0.3) is 0 Å². The van der Waals surface area contributed by atoms with E-state index in [0.717, 1.165) is 5.56 Å². The molecule has 1 aromatic heterocycles. The van der Waals surface area contributed by atoms with Crippen LogP contribution in [-0.2, 0) is 0 Å². The first-order valence-electron chi connectivity index (χ1n) is 2.77. The summed E-state index contributed by atoms with van der Waals surface area (Å²) in [4.78, 5) is 7.81. The monoisotopic (exact) mass is 176 g/mol. The van der Waals surface area contributed by atoms with Gasteiger partial charge >= 0.3 is 0 Å². The average Bonchev–Trinajstić information content (AvgIpc) is 1.82. The Morgan fingerprint density at radius 3 is 1.80 bits per heavy atom. The third kappa shape index (κ3) is 1.39. The molecule has 0 N–H and O–H groups in total. The van der Waals surface area contributed by atoms with Crippen molar-refractivity contribution in [2.45, 2.75) is 13.8 Å². The van der Waals surface area contributed by atoms with Crippen LogP contribution in [0.1, 0.15) is 11.4 Å². The van der Waals surface area contributed by atoms with Crippen LogP contribution in [0.5, 0.6) is 0 Å². The first-order valence-corrected chi connectivity index (χ1v) is 3.53. The van der Waals surface area contributed by atoms with Crippen LogP contribution in [0, 0.1) is 13.8 Å². The quantitative estimate of drug-likeness (QED) is 0.568. The Balaban J connectivity index is 3.31. The van der Waals surface area contributed by atoms with Crippen LogP contribution >= 0.6 is 23.2 Å². The van der Waals surface area contributed by atoms with E-state index in [2.05, 4.69) is 9.97 Å².